The lowest BCUT2D eigenvalue weighted by molar-refractivity contribution is -0.137. The summed E-state index contributed by atoms with van der Waals surface area (Å²) in [5.74, 6) is 0.527. The number of piperazine rings is 1. The first-order chi connectivity index (χ1) is 13.5. The molecule has 4 rings (SSSR count). The van der Waals surface area contributed by atoms with E-state index in [4.69, 9.17) is 0 Å². The van der Waals surface area contributed by atoms with Crippen molar-refractivity contribution in [2.75, 3.05) is 44.2 Å². The lowest BCUT2D eigenvalue weighted by Crippen LogP contribution is -2.53. The summed E-state index contributed by atoms with van der Waals surface area (Å²) in [5.41, 5.74) is 1.37. The van der Waals surface area contributed by atoms with Gasteiger partial charge in [0.1, 0.15) is 0 Å². The Hall–Kier alpha value is -0.960. The molecule has 0 radical (unpaired) electrons. The predicted molar refractivity (Wildman–Crippen MR) is 112 cm³/mol. The van der Waals surface area contributed by atoms with Gasteiger partial charge in [-0.15, -0.1) is 0 Å². The smallest absolute Gasteiger partial charge is 0.237 e. The van der Waals surface area contributed by atoms with E-state index >= 15 is 0 Å². The first kappa shape index (κ1) is 20.3. The van der Waals surface area contributed by atoms with Crippen LogP contribution in [0.3, 0.4) is 0 Å². The molecular formula is C20H31N3O3S2. The molecule has 0 N–H and O–H groups in total. The number of hydrogen-bond donors (Lipinski definition) is 0. The van der Waals surface area contributed by atoms with Crippen molar-refractivity contribution in [2.24, 2.45) is 0 Å². The number of amides is 1. The molecule has 0 aromatic carbocycles. The van der Waals surface area contributed by atoms with E-state index in [1.807, 2.05) is 4.90 Å². The van der Waals surface area contributed by atoms with Crippen molar-refractivity contribution >= 4 is 27.1 Å². The molecule has 2 saturated heterocycles. The third-order valence-electron chi connectivity index (χ3n) is 6.42. The van der Waals surface area contributed by atoms with E-state index in [1.54, 1.807) is 11.3 Å². The molecule has 0 bridgehead atoms. The minimum Gasteiger partial charge on any atom is -0.335 e. The van der Waals surface area contributed by atoms with E-state index in [0.29, 0.717) is 13.0 Å². The Balaban J connectivity index is 1.33. The molecule has 1 aromatic rings. The van der Waals surface area contributed by atoms with Crippen molar-refractivity contribution in [3.05, 3.63) is 22.4 Å². The number of hydrogen-bond acceptors (Lipinski definition) is 6. The zero-order valence-corrected chi connectivity index (χ0v) is 18.1. The molecule has 8 heteroatoms. The summed E-state index contributed by atoms with van der Waals surface area (Å²) in [6.45, 7) is 5.17. The Bertz CT molecular complexity index is 752. The maximum absolute atomic E-state index is 13.2. The normalized spacial score (nSPS) is 26.6. The van der Waals surface area contributed by atoms with Gasteiger partial charge in [0, 0.05) is 44.8 Å². The maximum atomic E-state index is 13.2. The Morgan fingerprint density at radius 2 is 1.79 bits per heavy atom. The lowest BCUT2D eigenvalue weighted by Gasteiger charge is -2.38. The van der Waals surface area contributed by atoms with Crippen molar-refractivity contribution in [3.8, 4) is 0 Å². The molecule has 1 atom stereocenters. The van der Waals surface area contributed by atoms with Gasteiger partial charge < -0.3 is 4.90 Å². The van der Waals surface area contributed by atoms with E-state index in [2.05, 4.69) is 26.6 Å². The number of carbonyl (C=O) groups excluding carboxylic acids is 1. The number of rotatable bonds is 6. The number of thiophene rings is 1. The number of nitrogens with zero attached hydrogens (tertiary/aromatic N) is 3. The number of sulfone groups is 1. The van der Waals surface area contributed by atoms with E-state index in [1.165, 1.54) is 5.56 Å². The van der Waals surface area contributed by atoms with Gasteiger partial charge in [0.15, 0.2) is 9.84 Å². The summed E-state index contributed by atoms with van der Waals surface area (Å²) >= 11 is 1.73. The summed E-state index contributed by atoms with van der Waals surface area (Å²) in [6.07, 6.45) is 4.96. The molecule has 3 fully saturated rings. The molecule has 1 unspecified atom stereocenters. The van der Waals surface area contributed by atoms with Crippen molar-refractivity contribution in [1.29, 1.82) is 0 Å². The third kappa shape index (κ3) is 4.96. The Labute approximate surface area is 172 Å². The zero-order valence-electron chi connectivity index (χ0n) is 16.5. The second-order valence-electron chi connectivity index (χ2n) is 8.48. The van der Waals surface area contributed by atoms with E-state index in [0.717, 1.165) is 58.4 Å². The molecule has 0 spiro atoms. The highest BCUT2D eigenvalue weighted by Gasteiger charge is 2.39. The van der Waals surface area contributed by atoms with Crippen LogP contribution in [0.15, 0.2) is 16.8 Å². The van der Waals surface area contributed by atoms with Crippen LogP contribution in [-0.2, 0) is 21.2 Å². The highest BCUT2D eigenvalue weighted by atomic mass is 32.2. The van der Waals surface area contributed by atoms with Crippen molar-refractivity contribution in [1.82, 2.24) is 14.7 Å². The van der Waals surface area contributed by atoms with Gasteiger partial charge in [0.05, 0.1) is 18.1 Å². The van der Waals surface area contributed by atoms with Crippen LogP contribution in [-0.4, -0.2) is 85.3 Å². The number of carbonyl (C=O) groups is 1. The SMILES string of the molecule is O=C(CN1CCN(Cc2ccsc2)CC1)N(C1CCCC1)C1CCS(=O)(=O)C1. The van der Waals surface area contributed by atoms with Gasteiger partial charge in [-0.1, -0.05) is 12.8 Å². The van der Waals surface area contributed by atoms with Crippen LogP contribution in [0.5, 0.6) is 0 Å². The fourth-order valence-corrected chi connectivity index (χ4v) is 7.27. The maximum Gasteiger partial charge on any atom is 0.237 e. The van der Waals surface area contributed by atoms with Gasteiger partial charge in [-0.05, 0) is 41.7 Å². The quantitative estimate of drug-likeness (QED) is 0.696. The lowest BCUT2D eigenvalue weighted by atomic mass is 10.1. The standard InChI is InChI=1S/C20H31N3O3S2/c24-20(14-22-9-7-21(8-10-22)13-17-5-11-27-15-17)23(18-3-1-2-4-18)19-6-12-28(25,26)16-19/h5,11,15,18-19H,1-4,6-10,12-14,16H2. The average Bonchev–Trinajstić information content (AvgIpc) is 3.40. The Morgan fingerprint density at radius 1 is 1.07 bits per heavy atom. The fraction of sp³-hybridized carbons (Fsp3) is 0.750. The van der Waals surface area contributed by atoms with Crippen LogP contribution in [0.4, 0.5) is 0 Å². The molecule has 28 heavy (non-hydrogen) atoms. The van der Waals surface area contributed by atoms with E-state index < -0.39 is 9.84 Å². The summed E-state index contributed by atoms with van der Waals surface area (Å²) in [7, 11) is -2.98. The topological polar surface area (TPSA) is 60.9 Å². The fourth-order valence-electron chi connectivity index (χ4n) is 4.90. The van der Waals surface area contributed by atoms with Gasteiger partial charge in [0.25, 0.3) is 0 Å². The van der Waals surface area contributed by atoms with E-state index in [-0.39, 0.29) is 29.5 Å². The Morgan fingerprint density at radius 3 is 2.39 bits per heavy atom. The van der Waals surface area contributed by atoms with Crippen molar-refractivity contribution in [3.63, 3.8) is 0 Å². The summed E-state index contributed by atoms with van der Waals surface area (Å²) in [5, 5.41) is 4.32. The molecular weight excluding hydrogens is 394 g/mol. The molecule has 1 aromatic heterocycles. The van der Waals surface area contributed by atoms with Gasteiger partial charge in [-0.2, -0.15) is 11.3 Å². The summed E-state index contributed by atoms with van der Waals surface area (Å²) < 4.78 is 24.0. The van der Waals surface area contributed by atoms with Crippen LogP contribution in [0.1, 0.15) is 37.7 Å². The predicted octanol–water partition coefficient (Wildman–Crippen LogP) is 1.82. The average molecular weight is 426 g/mol. The molecule has 1 saturated carbocycles. The molecule has 3 heterocycles. The molecule has 156 valence electrons. The molecule has 6 nitrogen and oxygen atoms in total. The highest BCUT2D eigenvalue weighted by Crippen LogP contribution is 2.29. The molecule has 1 amide bonds. The van der Waals surface area contributed by atoms with Crippen LogP contribution in [0.2, 0.25) is 0 Å². The largest absolute Gasteiger partial charge is 0.335 e. The third-order valence-corrected chi connectivity index (χ3v) is 8.90. The van der Waals surface area contributed by atoms with Gasteiger partial charge >= 0.3 is 0 Å². The molecule has 1 aliphatic carbocycles. The van der Waals surface area contributed by atoms with Crippen molar-refractivity contribution in [2.45, 2.75) is 50.7 Å². The second kappa shape index (κ2) is 8.81. The van der Waals surface area contributed by atoms with Crippen LogP contribution in [0, 0.1) is 0 Å². The molecule has 2 aliphatic heterocycles. The summed E-state index contributed by atoms with van der Waals surface area (Å²) in [6, 6.07) is 2.31. The van der Waals surface area contributed by atoms with Crippen molar-refractivity contribution < 1.29 is 13.2 Å². The highest BCUT2D eigenvalue weighted by molar-refractivity contribution is 7.91. The van der Waals surface area contributed by atoms with Gasteiger partial charge in [-0.3, -0.25) is 14.6 Å². The minimum atomic E-state index is -2.98. The zero-order chi connectivity index (χ0) is 19.6. The summed E-state index contributed by atoms with van der Waals surface area (Å²) in [4.78, 5) is 19.9. The first-order valence-electron chi connectivity index (χ1n) is 10.5. The first-order valence-corrected chi connectivity index (χ1v) is 13.2. The van der Waals surface area contributed by atoms with Gasteiger partial charge in [-0.25, -0.2) is 8.42 Å². The minimum absolute atomic E-state index is 0.111. The van der Waals surface area contributed by atoms with E-state index in [9.17, 15) is 13.2 Å². The Kier molecular flexibility index (Phi) is 6.40. The molecule has 3 aliphatic rings. The second-order valence-corrected chi connectivity index (χ2v) is 11.5. The van der Waals surface area contributed by atoms with Crippen LogP contribution >= 0.6 is 11.3 Å². The monoisotopic (exact) mass is 425 g/mol. The van der Waals surface area contributed by atoms with Gasteiger partial charge in [0.2, 0.25) is 5.91 Å². The van der Waals surface area contributed by atoms with Crippen LogP contribution < -0.4 is 0 Å². The van der Waals surface area contributed by atoms with Crippen LogP contribution in [0.25, 0.3) is 0 Å².